The van der Waals surface area contributed by atoms with Crippen LogP contribution in [-0.4, -0.2) is 37.8 Å². The van der Waals surface area contributed by atoms with Gasteiger partial charge in [-0.05, 0) is 43.7 Å². The molecule has 0 aliphatic carbocycles. The first-order chi connectivity index (χ1) is 12.8. The van der Waals surface area contributed by atoms with Crippen LogP contribution in [0.1, 0.15) is 26.3 Å². The summed E-state index contributed by atoms with van der Waals surface area (Å²) >= 11 is 0. The third-order valence-electron chi connectivity index (χ3n) is 4.20. The Morgan fingerprint density at radius 3 is 2.33 bits per heavy atom. The molecule has 0 aliphatic rings. The van der Waals surface area contributed by atoms with E-state index in [4.69, 9.17) is 4.74 Å². The van der Waals surface area contributed by atoms with Crippen LogP contribution in [0.3, 0.4) is 0 Å². The van der Waals surface area contributed by atoms with Crippen molar-refractivity contribution >= 4 is 21.6 Å². The van der Waals surface area contributed by atoms with Crippen LogP contribution in [0.5, 0.6) is 5.75 Å². The van der Waals surface area contributed by atoms with Gasteiger partial charge in [-0.25, -0.2) is 8.42 Å². The molecule has 2 rings (SSSR count). The third kappa shape index (κ3) is 5.08. The molecule has 146 valence electrons. The van der Waals surface area contributed by atoms with E-state index in [2.05, 4.69) is 5.32 Å². The standard InChI is InChI=1S/C20H26N2O4S/c1-5-22(6-2)27(24,25)19-14-17(13-12-15(19)3)21-20(23)16(4)26-18-10-8-7-9-11-18/h7-14,16H,5-6H2,1-4H3,(H,21,23). The van der Waals surface area contributed by atoms with Crippen LogP contribution in [0.25, 0.3) is 0 Å². The Kier molecular flexibility index (Phi) is 6.98. The lowest BCUT2D eigenvalue weighted by Gasteiger charge is -2.20. The number of amides is 1. The molecule has 6 nitrogen and oxygen atoms in total. The zero-order valence-corrected chi connectivity index (χ0v) is 16.9. The second-order valence-corrected chi connectivity index (χ2v) is 8.04. The zero-order chi connectivity index (χ0) is 20.0. The first-order valence-electron chi connectivity index (χ1n) is 8.93. The molecule has 0 heterocycles. The highest BCUT2D eigenvalue weighted by molar-refractivity contribution is 7.89. The fourth-order valence-electron chi connectivity index (χ4n) is 2.66. The number of carbonyl (C=O) groups is 1. The molecule has 0 aromatic heterocycles. The smallest absolute Gasteiger partial charge is 0.265 e. The summed E-state index contributed by atoms with van der Waals surface area (Å²) in [4.78, 5) is 12.6. The summed E-state index contributed by atoms with van der Waals surface area (Å²) in [6.07, 6.45) is -0.725. The van der Waals surface area contributed by atoms with Gasteiger partial charge in [-0.1, -0.05) is 38.1 Å². The molecule has 0 radical (unpaired) electrons. The SMILES string of the molecule is CCN(CC)S(=O)(=O)c1cc(NC(=O)C(C)Oc2ccccc2)ccc1C. The summed E-state index contributed by atoms with van der Waals surface area (Å²) in [5.41, 5.74) is 1.05. The summed E-state index contributed by atoms with van der Waals surface area (Å²) in [7, 11) is -3.61. The lowest BCUT2D eigenvalue weighted by molar-refractivity contribution is -0.122. The van der Waals surface area contributed by atoms with Crippen LogP contribution in [-0.2, 0) is 14.8 Å². The Morgan fingerprint density at radius 1 is 1.11 bits per heavy atom. The molecule has 0 saturated heterocycles. The zero-order valence-electron chi connectivity index (χ0n) is 16.1. The van der Waals surface area contributed by atoms with Crippen molar-refractivity contribution in [2.24, 2.45) is 0 Å². The average Bonchev–Trinajstić information content (AvgIpc) is 2.64. The van der Waals surface area contributed by atoms with E-state index >= 15 is 0 Å². The minimum Gasteiger partial charge on any atom is -0.481 e. The molecule has 1 amide bonds. The number of hydrogen-bond acceptors (Lipinski definition) is 4. The monoisotopic (exact) mass is 390 g/mol. The van der Waals surface area contributed by atoms with Crippen molar-refractivity contribution in [3.63, 3.8) is 0 Å². The molecule has 0 bridgehead atoms. The third-order valence-corrected chi connectivity index (χ3v) is 6.40. The Morgan fingerprint density at radius 2 is 1.74 bits per heavy atom. The second kappa shape index (κ2) is 9.01. The number of nitrogens with one attached hydrogen (secondary N) is 1. The number of anilines is 1. The van der Waals surface area contributed by atoms with E-state index < -0.39 is 16.1 Å². The Balaban J connectivity index is 2.19. The van der Waals surface area contributed by atoms with Gasteiger partial charge in [-0.15, -0.1) is 0 Å². The van der Waals surface area contributed by atoms with Crippen molar-refractivity contribution in [2.45, 2.75) is 38.7 Å². The summed E-state index contributed by atoms with van der Waals surface area (Å²) < 4.78 is 32.6. The number of rotatable bonds is 8. The summed E-state index contributed by atoms with van der Waals surface area (Å²) in [6, 6.07) is 13.9. The number of para-hydroxylation sites is 1. The van der Waals surface area contributed by atoms with Gasteiger partial charge in [0.05, 0.1) is 4.90 Å². The van der Waals surface area contributed by atoms with Gasteiger partial charge in [0, 0.05) is 18.8 Å². The van der Waals surface area contributed by atoms with Gasteiger partial charge in [-0.3, -0.25) is 4.79 Å². The van der Waals surface area contributed by atoms with E-state index in [1.807, 2.05) is 18.2 Å². The number of hydrogen-bond donors (Lipinski definition) is 1. The number of ether oxygens (including phenoxy) is 1. The highest BCUT2D eigenvalue weighted by atomic mass is 32.2. The van der Waals surface area contributed by atoms with Crippen LogP contribution in [0.4, 0.5) is 5.69 Å². The second-order valence-electron chi connectivity index (χ2n) is 6.13. The maximum absolute atomic E-state index is 12.8. The van der Waals surface area contributed by atoms with Crippen molar-refractivity contribution < 1.29 is 17.9 Å². The van der Waals surface area contributed by atoms with Crippen molar-refractivity contribution in [3.05, 3.63) is 54.1 Å². The lowest BCUT2D eigenvalue weighted by atomic mass is 10.2. The molecule has 1 unspecified atom stereocenters. The molecule has 1 N–H and O–H groups in total. The minimum absolute atomic E-state index is 0.195. The highest BCUT2D eigenvalue weighted by Gasteiger charge is 2.24. The highest BCUT2D eigenvalue weighted by Crippen LogP contribution is 2.24. The number of nitrogens with zero attached hydrogens (tertiary/aromatic N) is 1. The molecule has 2 aromatic rings. The predicted molar refractivity (Wildman–Crippen MR) is 106 cm³/mol. The van der Waals surface area contributed by atoms with Crippen LogP contribution >= 0.6 is 0 Å². The van der Waals surface area contributed by atoms with Crippen LogP contribution in [0, 0.1) is 6.92 Å². The van der Waals surface area contributed by atoms with E-state index in [1.165, 1.54) is 10.4 Å². The normalized spacial score (nSPS) is 12.6. The van der Waals surface area contributed by atoms with E-state index in [-0.39, 0.29) is 10.8 Å². The van der Waals surface area contributed by atoms with Crippen LogP contribution < -0.4 is 10.1 Å². The Labute approximate surface area is 161 Å². The van der Waals surface area contributed by atoms with Gasteiger partial charge < -0.3 is 10.1 Å². The number of aryl methyl sites for hydroxylation is 1. The minimum atomic E-state index is -3.61. The summed E-state index contributed by atoms with van der Waals surface area (Å²) in [5.74, 6) is 0.239. The molecule has 0 aliphatic heterocycles. The number of benzene rings is 2. The van der Waals surface area contributed by atoms with E-state index in [9.17, 15) is 13.2 Å². The summed E-state index contributed by atoms with van der Waals surface area (Å²) in [6.45, 7) is 7.75. The van der Waals surface area contributed by atoms with Gasteiger partial charge >= 0.3 is 0 Å². The van der Waals surface area contributed by atoms with Crippen LogP contribution in [0.15, 0.2) is 53.4 Å². The quantitative estimate of drug-likeness (QED) is 0.749. The largest absolute Gasteiger partial charge is 0.481 e. The van der Waals surface area contributed by atoms with Crippen molar-refractivity contribution in [1.29, 1.82) is 0 Å². The van der Waals surface area contributed by atoms with Crippen molar-refractivity contribution in [3.8, 4) is 5.75 Å². The fraction of sp³-hybridized carbons (Fsp3) is 0.350. The molecular weight excluding hydrogens is 364 g/mol. The summed E-state index contributed by atoms with van der Waals surface area (Å²) in [5, 5.41) is 2.73. The van der Waals surface area contributed by atoms with Gasteiger partial charge in [0.2, 0.25) is 10.0 Å². The van der Waals surface area contributed by atoms with Crippen molar-refractivity contribution in [2.75, 3.05) is 18.4 Å². The fourth-order valence-corrected chi connectivity index (χ4v) is 4.37. The topological polar surface area (TPSA) is 75.7 Å². The van der Waals surface area contributed by atoms with Crippen molar-refractivity contribution in [1.82, 2.24) is 4.31 Å². The number of carbonyl (C=O) groups excluding carboxylic acids is 1. The molecular formula is C20H26N2O4S. The molecule has 1 atom stereocenters. The first kappa shape index (κ1) is 20.9. The molecule has 2 aromatic carbocycles. The van der Waals surface area contributed by atoms with E-state index in [0.29, 0.717) is 30.1 Å². The molecule has 27 heavy (non-hydrogen) atoms. The van der Waals surface area contributed by atoms with E-state index in [1.54, 1.807) is 52.0 Å². The number of sulfonamides is 1. The van der Waals surface area contributed by atoms with Gasteiger partial charge in [-0.2, -0.15) is 4.31 Å². The molecule has 0 fully saturated rings. The molecule has 7 heteroatoms. The Hall–Kier alpha value is -2.38. The lowest BCUT2D eigenvalue weighted by Crippen LogP contribution is -2.32. The molecule has 0 saturated carbocycles. The predicted octanol–water partition coefficient (Wildman–Crippen LogP) is 3.43. The first-order valence-corrected chi connectivity index (χ1v) is 10.4. The Bertz CT molecular complexity index is 878. The maximum atomic E-state index is 12.8. The maximum Gasteiger partial charge on any atom is 0.265 e. The van der Waals surface area contributed by atoms with Gasteiger partial charge in [0.15, 0.2) is 6.10 Å². The van der Waals surface area contributed by atoms with Crippen LogP contribution in [0.2, 0.25) is 0 Å². The van der Waals surface area contributed by atoms with Gasteiger partial charge in [0.1, 0.15) is 5.75 Å². The van der Waals surface area contributed by atoms with E-state index in [0.717, 1.165) is 0 Å². The average molecular weight is 391 g/mol. The molecule has 0 spiro atoms. The van der Waals surface area contributed by atoms with Gasteiger partial charge in [0.25, 0.3) is 5.91 Å².